The van der Waals surface area contributed by atoms with Gasteiger partial charge in [-0.15, -0.1) is 0 Å². The van der Waals surface area contributed by atoms with E-state index in [1.165, 1.54) is 12.8 Å². The molecule has 1 fully saturated rings. The minimum Gasteiger partial charge on any atom is -0.314 e. The van der Waals surface area contributed by atoms with Crippen molar-refractivity contribution >= 4 is 10.0 Å². The SMILES string of the molecule is CC(NS(=O)(=O)CCCCNC1CC1)c1ccccn1. The van der Waals surface area contributed by atoms with E-state index in [-0.39, 0.29) is 11.8 Å². The highest BCUT2D eigenvalue weighted by Gasteiger charge is 2.20. The number of sulfonamides is 1. The first-order valence-electron chi connectivity index (χ1n) is 7.21. The average molecular weight is 297 g/mol. The Kier molecular flexibility index (Phi) is 5.51. The van der Waals surface area contributed by atoms with Crippen molar-refractivity contribution in [1.82, 2.24) is 15.0 Å². The number of pyridine rings is 1. The van der Waals surface area contributed by atoms with Crippen molar-refractivity contribution < 1.29 is 8.42 Å². The van der Waals surface area contributed by atoms with Crippen LogP contribution in [0.5, 0.6) is 0 Å². The zero-order chi connectivity index (χ0) is 14.4. The molecule has 0 amide bonds. The molecule has 0 radical (unpaired) electrons. The molecule has 5 nitrogen and oxygen atoms in total. The van der Waals surface area contributed by atoms with Crippen LogP contribution in [-0.4, -0.2) is 31.7 Å². The maximum Gasteiger partial charge on any atom is 0.212 e. The molecule has 2 N–H and O–H groups in total. The summed E-state index contributed by atoms with van der Waals surface area (Å²) in [6, 6.07) is 5.90. The molecule has 1 atom stereocenters. The van der Waals surface area contributed by atoms with E-state index in [0.717, 1.165) is 18.7 Å². The van der Waals surface area contributed by atoms with Crippen molar-refractivity contribution in [2.24, 2.45) is 0 Å². The number of unbranched alkanes of at least 4 members (excludes halogenated alkanes) is 1. The van der Waals surface area contributed by atoms with Gasteiger partial charge in [0.1, 0.15) is 0 Å². The van der Waals surface area contributed by atoms with Crippen molar-refractivity contribution in [2.75, 3.05) is 12.3 Å². The zero-order valence-electron chi connectivity index (χ0n) is 11.9. The van der Waals surface area contributed by atoms with Crippen LogP contribution in [0.2, 0.25) is 0 Å². The van der Waals surface area contributed by atoms with Crippen LogP contribution in [0, 0.1) is 0 Å². The lowest BCUT2D eigenvalue weighted by Crippen LogP contribution is -2.30. The topological polar surface area (TPSA) is 71.1 Å². The molecule has 20 heavy (non-hydrogen) atoms. The molecule has 2 rings (SSSR count). The fraction of sp³-hybridized carbons (Fsp3) is 0.643. The number of hydrogen-bond acceptors (Lipinski definition) is 4. The second-order valence-corrected chi connectivity index (χ2v) is 7.22. The molecule has 0 spiro atoms. The average Bonchev–Trinajstić information content (AvgIpc) is 3.23. The van der Waals surface area contributed by atoms with Crippen LogP contribution in [-0.2, 0) is 10.0 Å². The molecule has 112 valence electrons. The standard InChI is InChI=1S/C14H23N3O2S/c1-12(14-6-2-3-10-16-14)17-20(18,19)11-5-4-9-15-13-7-8-13/h2-3,6,10,12-13,15,17H,4-5,7-9,11H2,1H3. The Morgan fingerprint density at radius 2 is 2.15 bits per heavy atom. The summed E-state index contributed by atoms with van der Waals surface area (Å²) < 4.78 is 26.6. The minimum atomic E-state index is -3.23. The first-order chi connectivity index (χ1) is 9.57. The summed E-state index contributed by atoms with van der Waals surface area (Å²) in [7, 11) is -3.23. The number of rotatable bonds is 9. The predicted octanol–water partition coefficient (Wildman–Crippen LogP) is 1.59. The highest BCUT2D eigenvalue weighted by molar-refractivity contribution is 7.89. The van der Waals surface area contributed by atoms with Gasteiger partial charge in [0.25, 0.3) is 0 Å². The van der Waals surface area contributed by atoms with Gasteiger partial charge in [0.15, 0.2) is 0 Å². The summed E-state index contributed by atoms with van der Waals surface area (Å²) in [6.45, 7) is 2.73. The van der Waals surface area contributed by atoms with Gasteiger partial charge >= 0.3 is 0 Å². The van der Waals surface area contributed by atoms with E-state index < -0.39 is 10.0 Å². The molecular formula is C14H23N3O2S. The minimum absolute atomic E-state index is 0.177. The molecule has 1 aliphatic carbocycles. The number of nitrogens with one attached hydrogen (secondary N) is 2. The summed E-state index contributed by atoms with van der Waals surface area (Å²) in [4.78, 5) is 4.16. The summed E-state index contributed by atoms with van der Waals surface area (Å²) >= 11 is 0. The van der Waals surface area contributed by atoms with Gasteiger partial charge in [0, 0.05) is 12.2 Å². The molecule has 6 heteroatoms. The molecule has 0 aliphatic heterocycles. The highest BCUT2D eigenvalue weighted by atomic mass is 32.2. The van der Waals surface area contributed by atoms with Crippen LogP contribution in [0.1, 0.15) is 44.3 Å². The third kappa shape index (κ3) is 5.56. The summed E-state index contributed by atoms with van der Waals surface area (Å²) in [5.41, 5.74) is 0.742. The normalized spacial score (nSPS) is 17.1. The van der Waals surface area contributed by atoms with E-state index >= 15 is 0 Å². The number of nitrogens with zero attached hydrogens (tertiary/aromatic N) is 1. The van der Waals surface area contributed by atoms with Gasteiger partial charge in [-0.1, -0.05) is 6.07 Å². The Morgan fingerprint density at radius 3 is 2.80 bits per heavy atom. The molecule has 1 unspecified atom stereocenters. The third-order valence-electron chi connectivity index (χ3n) is 3.34. The molecule has 0 bridgehead atoms. The fourth-order valence-corrected chi connectivity index (χ4v) is 3.39. The van der Waals surface area contributed by atoms with Crippen LogP contribution in [0.3, 0.4) is 0 Å². The van der Waals surface area contributed by atoms with Gasteiger partial charge in [0.2, 0.25) is 10.0 Å². The van der Waals surface area contributed by atoms with Crippen LogP contribution >= 0.6 is 0 Å². The summed E-state index contributed by atoms with van der Waals surface area (Å²) in [5, 5.41) is 3.38. The van der Waals surface area contributed by atoms with E-state index in [4.69, 9.17) is 0 Å². The Labute approximate surface area is 121 Å². The number of aromatic nitrogens is 1. The van der Waals surface area contributed by atoms with Crippen molar-refractivity contribution in [2.45, 2.75) is 44.7 Å². The molecule has 1 aromatic heterocycles. The Hall–Kier alpha value is -0.980. The summed E-state index contributed by atoms with van der Waals surface area (Å²) in [5.74, 6) is 0.177. The van der Waals surface area contributed by atoms with E-state index in [1.807, 2.05) is 25.1 Å². The van der Waals surface area contributed by atoms with Gasteiger partial charge in [-0.25, -0.2) is 13.1 Å². The molecule has 1 aliphatic rings. The highest BCUT2D eigenvalue weighted by Crippen LogP contribution is 2.18. The largest absolute Gasteiger partial charge is 0.314 e. The Morgan fingerprint density at radius 1 is 1.35 bits per heavy atom. The molecule has 1 saturated carbocycles. The number of hydrogen-bond donors (Lipinski definition) is 2. The van der Waals surface area contributed by atoms with Crippen molar-refractivity contribution in [3.63, 3.8) is 0 Å². The van der Waals surface area contributed by atoms with Crippen molar-refractivity contribution in [3.05, 3.63) is 30.1 Å². The van der Waals surface area contributed by atoms with Crippen LogP contribution < -0.4 is 10.0 Å². The van der Waals surface area contributed by atoms with Gasteiger partial charge in [-0.05, 0) is 51.3 Å². The first-order valence-corrected chi connectivity index (χ1v) is 8.86. The van der Waals surface area contributed by atoms with Crippen LogP contribution in [0.15, 0.2) is 24.4 Å². The lowest BCUT2D eigenvalue weighted by molar-refractivity contribution is 0.557. The van der Waals surface area contributed by atoms with Crippen molar-refractivity contribution in [3.8, 4) is 0 Å². The van der Waals surface area contributed by atoms with Gasteiger partial charge < -0.3 is 5.32 Å². The van der Waals surface area contributed by atoms with Crippen molar-refractivity contribution in [1.29, 1.82) is 0 Å². The maximum atomic E-state index is 12.0. The summed E-state index contributed by atoms with van der Waals surface area (Å²) in [6.07, 6.45) is 5.78. The predicted molar refractivity (Wildman–Crippen MR) is 79.8 cm³/mol. The van der Waals surface area contributed by atoms with E-state index in [2.05, 4.69) is 15.0 Å². The van der Waals surface area contributed by atoms with Crippen LogP contribution in [0.25, 0.3) is 0 Å². The quantitative estimate of drug-likeness (QED) is 0.679. The second kappa shape index (κ2) is 7.15. The molecular weight excluding hydrogens is 274 g/mol. The monoisotopic (exact) mass is 297 g/mol. The van der Waals surface area contributed by atoms with Crippen LogP contribution in [0.4, 0.5) is 0 Å². The smallest absolute Gasteiger partial charge is 0.212 e. The van der Waals surface area contributed by atoms with Gasteiger partial charge in [0.05, 0.1) is 17.5 Å². The molecule has 0 saturated heterocycles. The lowest BCUT2D eigenvalue weighted by atomic mass is 10.2. The Balaban J connectivity index is 1.69. The lowest BCUT2D eigenvalue weighted by Gasteiger charge is -2.13. The second-order valence-electron chi connectivity index (χ2n) is 5.35. The fourth-order valence-electron chi connectivity index (χ4n) is 2.03. The van der Waals surface area contributed by atoms with E-state index in [0.29, 0.717) is 12.5 Å². The zero-order valence-corrected chi connectivity index (χ0v) is 12.7. The molecule has 0 aromatic carbocycles. The van der Waals surface area contributed by atoms with Gasteiger partial charge in [-0.3, -0.25) is 4.98 Å². The van der Waals surface area contributed by atoms with E-state index in [1.54, 1.807) is 6.20 Å². The first kappa shape index (κ1) is 15.4. The third-order valence-corrected chi connectivity index (χ3v) is 4.88. The molecule has 1 aromatic rings. The van der Waals surface area contributed by atoms with Gasteiger partial charge in [-0.2, -0.15) is 0 Å². The molecule has 1 heterocycles. The van der Waals surface area contributed by atoms with E-state index in [9.17, 15) is 8.42 Å². The maximum absolute atomic E-state index is 12.0. The Bertz CT molecular complexity index is 500.